The minimum absolute atomic E-state index is 0.249. The van der Waals surface area contributed by atoms with Gasteiger partial charge in [-0.25, -0.2) is 0 Å². The summed E-state index contributed by atoms with van der Waals surface area (Å²) in [5.74, 6) is 0.303. The van der Waals surface area contributed by atoms with Gasteiger partial charge in [0.1, 0.15) is 5.75 Å². The van der Waals surface area contributed by atoms with Crippen LogP contribution >= 0.6 is 11.6 Å². The van der Waals surface area contributed by atoms with Gasteiger partial charge in [-0.15, -0.1) is 0 Å². The van der Waals surface area contributed by atoms with Gasteiger partial charge in [0.2, 0.25) is 0 Å². The number of ether oxygens (including phenoxy) is 1. The van der Waals surface area contributed by atoms with E-state index in [4.69, 9.17) is 22.1 Å². The van der Waals surface area contributed by atoms with Crippen molar-refractivity contribution < 1.29 is 9.53 Å². The van der Waals surface area contributed by atoms with E-state index in [2.05, 4.69) is 5.32 Å². The van der Waals surface area contributed by atoms with Gasteiger partial charge in [-0.05, 0) is 42.5 Å². The number of rotatable bonds is 3. The molecule has 0 aliphatic carbocycles. The van der Waals surface area contributed by atoms with Crippen LogP contribution in [0.1, 0.15) is 10.4 Å². The molecule has 0 aromatic heterocycles. The van der Waals surface area contributed by atoms with Crippen molar-refractivity contribution in [2.45, 2.75) is 0 Å². The minimum Gasteiger partial charge on any atom is -0.495 e. The van der Waals surface area contributed by atoms with E-state index < -0.39 is 0 Å². The minimum atomic E-state index is -0.249. The number of anilines is 2. The number of nitrogens with two attached hydrogens (primary N) is 1. The maximum atomic E-state index is 12.1. The molecule has 0 bridgehead atoms. The molecule has 3 N–H and O–H groups in total. The second-order valence-corrected chi connectivity index (χ2v) is 4.36. The van der Waals surface area contributed by atoms with Gasteiger partial charge in [0.05, 0.1) is 12.8 Å². The first kappa shape index (κ1) is 13.2. The standard InChI is InChI=1S/C14H13ClN2O2/c1-19-13-7-6-11(16)8-12(13)17-14(18)9-2-4-10(15)5-3-9/h2-8H,16H2,1H3,(H,17,18). The fraction of sp³-hybridized carbons (Fsp3) is 0.0714. The van der Waals surface area contributed by atoms with Crippen LogP contribution in [0, 0.1) is 0 Å². The van der Waals surface area contributed by atoms with Crippen LogP contribution < -0.4 is 15.8 Å². The Kier molecular flexibility index (Phi) is 3.92. The van der Waals surface area contributed by atoms with Crippen LogP contribution in [0.2, 0.25) is 5.02 Å². The van der Waals surface area contributed by atoms with Crippen LogP contribution in [0.3, 0.4) is 0 Å². The second-order valence-electron chi connectivity index (χ2n) is 3.92. The third-order valence-electron chi connectivity index (χ3n) is 2.58. The summed E-state index contributed by atoms with van der Waals surface area (Å²) in [4.78, 5) is 12.1. The lowest BCUT2D eigenvalue weighted by Crippen LogP contribution is -2.12. The first-order valence-electron chi connectivity index (χ1n) is 5.60. The number of nitrogen functional groups attached to an aromatic ring is 1. The SMILES string of the molecule is COc1ccc(N)cc1NC(=O)c1ccc(Cl)cc1. The molecule has 0 aliphatic heterocycles. The number of hydrogen-bond acceptors (Lipinski definition) is 3. The van der Waals surface area contributed by atoms with Crippen LogP contribution in [0.15, 0.2) is 42.5 Å². The van der Waals surface area contributed by atoms with E-state index in [9.17, 15) is 4.79 Å². The summed E-state index contributed by atoms with van der Waals surface area (Å²) in [6.07, 6.45) is 0. The molecule has 19 heavy (non-hydrogen) atoms. The Morgan fingerprint density at radius 1 is 1.21 bits per heavy atom. The number of carbonyl (C=O) groups is 1. The van der Waals surface area contributed by atoms with Crippen molar-refractivity contribution in [1.82, 2.24) is 0 Å². The molecule has 2 aromatic carbocycles. The molecule has 0 fully saturated rings. The normalized spacial score (nSPS) is 10.0. The Morgan fingerprint density at radius 2 is 1.89 bits per heavy atom. The molecule has 4 nitrogen and oxygen atoms in total. The van der Waals surface area contributed by atoms with E-state index in [1.54, 1.807) is 42.5 Å². The lowest BCUT2D eigenvalue weighted by atomic mass is 10.2. The predicted octanol–water partition coefficient (Wildman–Crippen LogP) is 3.18. The molecule has 0 saturated heterocycles. The number of benzene rings is 2. The van der Waals surface area contributed by atoms with Crippen molar-refractivity contribution in [3.05, 3.63) is 53.1 Å². The molecule has 2 rings (SSSR count). The van der Waals surface area contributed by atoms with Crippen molar-refractivity contribution in [2.24, 2.45) is 0 Å². The molecule has 0 heterocycles. The Hall–Kier alpha value is -2.20. The molecule has 1 amide bonds. The molecular weight excluding hydrogens is 264 g/mol. The van der Waals surface area contributed by atoms with Crippen molar-refractivity contribution in [2.75, 3.05) is 18.2 Å². The van der Waals surface area contributed by atoms with E-state index in [1.165, 1.54) is 7.11 Å². The van der Waals surface area contributed by atoms with Gasteiger partial charge in [-0.2, -0.15) is 0 Å². The third-order valence-corrected chi connectivity index (χ3v) is 2.83. The maximum absolute atomic E-state index is 12.1. The first-order valence-corrected chi connectivity index (χ1v) is 5.98. The molecule has 0 atom stereocenters. The zero-order chi connectivity index (χ0) is 13.8. The summed E-state index contributed by atoms with van der Waals surface area (Å²) in [7, 11) is 1.53. The average Bonchev–Trinajstić information content (AvgIpc) is 2.39. The van der Waals surface area contributed by atoms with E-state index in [-0.39, 0.29) is 5.91 Å². The van der Waals surface area contributed by atoms with Gasteiger partial charge in [-0.1, -0.05) is 11.6 Å². The zero-order valence-corrected chi connectivity index (χ0v) is 11.1. The highest BCUT2D eigenvalue weighted by Crippen LogP contribution is 2.27. The van der Waals surface area contributed by atoms with Crippen LogP contribution in [-0.4, -0.2) is 13.0 Å². The molecule has 98 valence electrons. The fourth-order valence-corrected chi connectivity index (χ4v) is 1.75. The first-order chi connectivity index (χ1) is 9.10. The maximum Gasteiger partial charge on any atom is 0.255 e. The highest BCUT2D eigenvalue weighted by Gasteiger charge is 2.10. The van der Waals surface area contributed by atoms with Crippen LogP contribution in [0.4, 0.5) is 11.4 Å². The van der Waals surface area contributed by atoms with Gasteiger partial charge in [-0.3, -0.25) is 4.79 Å². The van der Waals surface area contributed by atoms with Crippen molar-refractivity contribution in [1.29, 1.82) is 0 Å². The Bertz CT molecular complexity index is 597. The highest BCUT2D eigenvalue weighted by molar-refractivity contribution is 6.30. The summed E-state index contributed by atoms with van der Waals surface area (Å²) in [6.45, 7) is 0. The second kappa shape index (κ2) is 5.63. The number of halogens is 1. The molecule has 0 radical (unpaired) electrons. The molecule has 0 saturated carbocycles. The topological polar surface area (TPSA) is 64.3 Å². The predicted molar refractivity (Wildman–Crippen MR) is 76.8 cm³/mol. The highest BCUT2D eigenvalue weighted by atomic mass is 35.5. The smallest absolute Gasteiger partial charge is 0.255 e. The third kappa shape index (κ3) is 3.17. The van der Waals surface area contributed by atoms with Crippen LogP contribution in [0.5, 0.6) is 5.75 Å². The van der Waals surface area contributed by atoms with E-state index in [0.29, 0.717) is 27.7 Å². The largest absolute Gasteiger partial charge is 0.495 e. The number of amides is 1. The summed E-state index contributed by atoms with van der Waals surface area (Å²) in [6, 6.07) is 11.7. The van der Waals surface area contributed by atoms with Crippen molar-refractivity contribution in [3.63, 3.8) is 0 Å². The number of nitrogens with one attached hydrogen (secondary N) is 1. The monoisotopic (exact) mass is 276 g/mol. The van der Waals surface area contributed by atoms with E-state index in [0.717, 1.165) is 0 Å². The Morgan fingerprint density at radius 3 is 2.53 bits per heavy atom. The molecule has 0 unspecified atom stereocenters. The molecule has 5 heteroatoms. The number of hydrogen-bond donors (Lipinski definition) is 2. The van der Waals surface area contributed by atoms with Gasteiger partial charge in [0, 0.05) is 16.3 Å². The van der Waals surface area contributed by atoms with E-state index in [1.807, 2.05) is 0 Å². The molecule has 0 spiro atoms. The van der Waals surface area contributed by atoms with Crippen LogP contribution in [-0.2, 0) is 0 Å². The fourth-order valence-electron chi connectivity index (χ4n) is 1.62. The molecular formula is C14H13ClN2O2. The Balaban J connectivity index is 2.23. The Labute approximate surface area is 116 Å². The number of carbonyl (C=O) groups excluding carboxylic acids is 1. The average molecular weight is 277 g/mol. The van der Waals surface area contributed by atoms with Crippen LogP contribution in [0.25, 0.3) is 0 Å². The van der Waals surface area contributed by atoms with E-state index >= 15 is 0 Å². The van der Waals surface area contributed by atoms with Gasteiger partial charge in [0.15, 0.2) is 0 Å². The summed E-state index contributed by atoms with van der Waals surface area (Å²) >= 11 is 5.78. The van der Waals surface area contributed by atoms with Gasteiger partial charge in [0.25, 0.3) is 5.91 Å². The van der Waals surface area contributed by atoms with Gasteiger partial charge >= 0.3 is 0 Å². The summed E-state index contributed by atoms with van der Waals surface area (Å²) in [5, 5.41) is 3.33. The summed E-state index contributed by atoms with van der Waals surface area (Å²) in [5.41, 5.74) is 7.28. The zero-order valence-electron chi connectivity index (χ0n) is 10.3. The quantitative estimate of drug-likeness (QED) is 0.846. The number of methoxy groups -OCH3 is 1. The van der Waals surface area contributed by atoms with Crippen molar-refractivity contribution in [3.8, 4) is 5.75 Å². The summed E-state index contributed by atoms with van der Waals surface area (Å²) < 4.78 is 5.16. The lowest BCUT2D eigenvalue weighted by Gasteiger charge is -2.11. The lowest BCUT2D eigenvalue weighted by molar-refractivity contribution is 0.102. The van der Waals surface area contributed by atoms with Gasteiger partial charge < -0.3 is 15.8 Å². The van der Waals surface area contributed by atoms with Crippen molar-refractivity contribution >= 4 is 28.9 Å². The molecule has 2 aromatic rings. The molecule has 0 aliphatic rings.